The summed E-state index contributed by atoms with van der Waals surface area (Å²) in [5.41, 5.74) is 2.60. The molecule has 3 fully saturated rings. The van der Waals surface area contributed by atoms with Crippen molar-refractivity contribution in [1.29, 1.82) is 0 Å². The van der Waals surface area contributed by atoms with Crippen molar-refractivity contribution in [3.8, 4) is 5.75 Å². The van der Waals surface area contributed by atoms with Crippen molar-refractivity contribution in [2.24, 2.45) is 34.5 Å². The highest BCUT2D eigenvalue weighted by atomic mass is 32.2. The number of rotatable bonds is 9. The largest absolute Gasteiger partial charge is 0.418 e. The Morgan fingerprint density at radius 2 is 1.73 bits per heavy atom. The highest BCUT2D eigenvalue weighted by Gasteiger charge is 2.58. The number of carbonyl (C=O) groups excluding carboxylic acids is 1. The van der Waals surface area contributed by atoms with Gasteiger partial charge in [-0.3, -0.25) is 0 Å². The third-order valence-corrected chi connectivity index (χ3v) is 12.4. The van der Waals surface area contributed by atoms with Crippen LogP contribution in [0.15, 0.2) is 42.0 Å². The third kappa shape index (κ3) is 5.73. The summed E-state index contributed by atoms with van der Waals surface area (Å²) in [4.78, 5) is 12.6. The number of benzene rings is 1. The lowest BCUT2D eigenvalue weighted by atomic mass is 9.47. The molecular formula is C34H50O2S. The Morgan fingerprint density at radius 1 is 0.946 bits per heavy atom. The van der Waals surface area contributed by atoms with Crippen molar-refractivity contribution < 1.29 is 9.53 Å². The van der Waals surface area contributed by atoms with Crippen LogP contribution in [0.1, 0.15) is 117 Å². The van der Waals surface area contributed by atoms with Crippen LogP contribution < -0.4 is 4.74 Å². The van der Waals surface area contributed by atoms with Crippen LogP contribution in [0, 0.1) is 34.5 Å². The van der Waals surface area contributed by atoms with Crippen molar-refractivity contribution >= 4 is 17.1 Å². The Labute approximate surface area is 230 Å². The predicted molar refractivity (Wildman–Crippen MR) is 157 cm³/mol. The molecule has 2 nitrogen and oxygen atoms in total. The van der Waals surface area contributed by atoms with Gasteiger partial charge in [-0.1, -0.05) is 89.1 Å². The molecule has 4 aliphatic rings. The Bertz CT molecular complexity index is 940. The van der Waals surface area contributed by atoms with E-state index in [0.717, 1.165) is 36.5 Å². The molecule has 4 aliphatic carbocycles. The van der Waals surface area contributed by atoms with Gasteiger partial charge in [0, 0.05) is 5.25 Å². The van der Waals surface area contributed by atoms with E-state index in [1.165, 1.54) is 95.2 Å². The van der Waals surface area contributed by atoms with Crippen molar-refractivity contribution in [3.05, 3.63) is 42.0 Å². The molecule has 0 heterocycles. The fourth-order valence-electron chi connectivity index (χ4n) is 9.23. The number of thioether (sulfide) groups is 1. The Morgan fingerprint density at radius 3 is 2.54 bits per heavy atom. The minimum atomic E-state index is -0.148. The normalized spacial score (nSPS) is 36.7. The topological polar surface area (TPSA) is 26.3 Å². The van der Waals surface area contributed by atoms with Gasteiger partial charge in [0.05, 0.1) is 0 Å². The Balaban J connectivity index is 1.18. The zero-order valence-corrected chi connectivity index (χ0v) is 24.5. The first-order chi connectivity index (χ1) is 17.9. The second kappa shape index (κ2) is 11.9. The van der Waals surface area contributed by atoms with Crippen molar-refractivity contribution in [2.75, 3.05) is 0 Å². The van der Waals surface area contributed by atoms with Crippen LogP contribution in [0.25, 0.3) is 0 Å². The van der Waals surface area contributed by atoms with Crippen LogP contribution in [-0.2, 0) is 0 Å². The Hall–Kier alpha value is -1.22. The van der Waals surface area contributed by atoms with E-state index in [2.05, 4.69) is 26.8 Å². The second-order valence-electron chi connectivity index (χ2n) is 13.3. The lowest BCUT2D eigenvalue weighted by Gasteiger charge is -2.58. The van der Waals surface area contributed by atoms with E-state index in [1.54, 1.807) is 5.57 Å². The molecule has 0 aromatic heterocycles. The van der Waals surface area contributed by atoms with Gasteiger partial charge in [-0.2, -0.15) is 0 Å². The predicted octanol–water partition coefficient (Wildman–Crippen LogP) is 10.6. The Kier molecular flexibility index (Phi) is 8.79. The second-order valence-corrected chi connectivity index (χ2v) is 14.5. The summed E-state index contributed by atoms with van der Waals surface area (Å²) in [7, 11) is 0. The van der Waals surface area contributed by atoms with Crippen LogP contribution in [0.4, 0.5) is 4.79 Å². The number of hydrogen-bond acceptors (Lipinski definition) is 3. The molecule has 0 aliphatic heterocycles. The maximum absolute atomic E-state index is 12.6. The highest BCUT2D eigenvalue weighted by Crippen LogP contribution is 2.67. The molecule has 0 radical (unpaired) electrons. The molecule has 37 heavy (non-hydrogen) atoms. The number of unbranched alkanes of at least 4 members (excludes halogenated alkanes) is 5. The van der Waals surface area contributed by atoms with E-state index in [-0.39, 0.29) is 5.30 Å². The van der Waals surface area contributed by atoms with Gasteiger partial charge in [0.1, 0.15) is 5.75 Å². The van der Waals surface area contributed by atoms with Crippen LogP contribution in [0.2, 0.25) is 0 Å². The summed E-state index contributed by atoms with van der Waals surface area (Å²) in [6, 6.07) is 9.50. The maximum Gasteiger partial charge on any atom is 0.372 e. The molecule has 3 saturated carbocycles. The van der Waals surface area contributed by atoms with Crippen LogP contribution in [-0.4, -0.2) is 10.6 Å². The first kappa shape index (κ1) is 27.4. The quantitative estimate of drug-likeness (QED) is 0.183. The molecule has 3 heteroatoms. The number of hydrogen-bond donors (Lipinski definition) is 0. The van der Waals surface area contributed by atoms with Gasteiger partial charge in [-0.05, 0) is 116 Å². The summed E-state index contributed by atoms with van der Waals surface area (Å²) >= 11 is 1.43. The van der Waals surface area contributed by atoms with Gasteiger partial charge >= 0.3 is 5.30 Å². The van der Waals surface area contributed by atoms with E-state index >= 15 is 0 Å². The molecule has 0 N–H and O–H groups in total. The average Bonchev–Trinajstić information content (AvgIpc) is 3.23. The zero-order chi connectivity index (χ0) is 25.9. The van der Waals surface area contributed by atoms with Crippen molar-refractivity contribution in [1.82, 2.24) is 0 Å². The van der Waals surface area contributed by atoms with E-state index < -0.39 is 0 Å². The van der Waals surface area contributed by atoms with E-state index in [0.29, 0.717) is 21.8 Å². The van der Waals surface area contributed by atoms with Gasteiger partial charge in [0.25, 0.3) is 0 Å². The van der Waals surface area contributed by atoms with E-state index in [1.807, 2.05) is 30.3 Å². The lowest BCUT2D eigenvalue weighted by molar-refractivity contribution is -0.0421. The third-order valence-electron chi connectivity index (χ3n) is 11.4. The average molecular weight is 523 g/mol. The zero-order valence-electron chi connectivity index (χ0n) is 23.7. The molecule has 5 rings (SSSR count). The number of allylic oxidation sites excluding steroid dienone is 2. The van der Waals surface area contributed by atoms with Gasteiger partial charge in [-0.25, -0.2) is 4.79 Å². The summed E-state index contributed by atoms with van der Waals surface area (Å²) in [5, 5.41) is 0.207. The molecule has 0 amide bonds. The van der Waals surface area contributed by atoms with Gasteiger partial charge in [0.15, 0.2) is 0 Å². The van der Waals surface area contributed by atoms with Crippen LogP contribution in [0.3, 0.4) is 0 Å². The molecule has 204 valence electrons. The molecule has 0 spiro atoms. The molecular weight excluding hydrogens is 472 g/mol. The summed E-state index contributed by atoms with van der Waals surface area (Å²) in [6.45, 7) is 7.59. The van der Waals surface area contributed by atoms with Crippen molar-refractivity contribution in [2.45, 2.75) is 122 Å². The molecule has 0 bridgehead atoms. The standard InChI is InChI=1S/C34H50O2S/c1-4-5-6-7-8-10-13-25-17-19-30-29-18-16-26-24-28(37-32(35)36-27-14-11-9-12-15-27)20-22-34(26,3)31(29)21-23-33(25,30)2/h9,11-12,14-16,25,28-31H,4-8,10,13,17-24H2,1-3H3/t25-,28-,29-,30-,31-,33+,34-/m0/s1. The molecule has 1 aromatic carbocycles. The minimum absolute atomic E-state index is 0.148. The molecule has 7 atom stereocenters. The first-order valence-electron chi connectivity index (χ1n) is 15.6. The number of ether oxygens (including phenoxy) is 1. The molecule has 0 unspecified atom stereocenters. The highest BCUT2D eigenvalue weighted by molar-refractivity contribution is 8.13. The maximum atomic E-state index is 12.6. The summed E-state index contributed by atoms with van der Waals surface area (Å²) < 4.78 is 5.59. The van der Waals surface area contributed by atoms with Gasteiger partial charge < -0.3 is 4.74 Å². The summed E-state index contributed by atoms with van der Waals surface area (Å²) in [6.07, 6.45) is 23.2. The van der Waals surface area contributed by atoms with Crippen LogP contribution >= 0.6 is 11.8 Å². The SMILES string of the molecule is CCCCCCCC[C@H]1CC[C@H]2[C@@H]3CC=C4C[C@@H](SC(=O)Oc5ccccc5)CC[C@]4(C)[C@H]3CC[C@]12C. The van der Waals surface area contributed by atoms with Gasteiger partial charge in [0.2, 0.25) is 0 Å². The van der Waals surface area contributed by atoms with Crippen molar-refractivity contribution in [3.63, 3.8) is 0 Å². The van der Waals surface area contributed by atoms with E-state index in [9.17, 15) is 4.79 Å². The van der Waals surface area contributed by atoms with Gasteiger partial charge in [-0.15, -0.1) is 0 Å². The summed E-state index contributed by atoms with van der Waals surface area (Å²) in [5.74, 6) is 4.27. The number of carbonyl (C=O) groups is 1. The molecule has 0 saturated heterocycles. The fourth-order valence-corrected chi connectivity index (χ4v) is 10.1. The van der Waals surface area contributed by atoms with Crippen LogP contribution in [0.5, 0.6) is 5.75 Å². The number of fused-ring (bicyclic) bond motifs is 5. The smallest absolute Gasteiger partial charge is 0.372 e. The lowest BCUT2D eigenvalue weighted by Crippen LogP contribution is -2.50. The number of para-hydroxylation sites is 1. The monoisotopic (exact) mass is 522 g/mol. The minimum Gasteiger partial charge on any atom is -0.418 e. The fraction of sp³-hybridized carbons (Fsp3) is 0.735. The first-order valence-corrected chi connectivity index (χ1v) is 16.4. The molecule has 1 aromatic rings. The van der Waals surface area contributed by atoms with E-state index in [4.69, 9.17) is 4.74 Å².